The van der Waals surface area contributed by atoms with Crippen LogP contribution in [0.15, 0.2) is 0 Å². The zero-order valence-electron chi connectivity index (χ0n) is 30.4. The summed E-state index contributed by atoms with van der Waals surface area (Å²) in [7, 11) is 0. The molecule has 3 atom stereocenters. The first-order valence-electron chi connectivity index (χ1n) is 17.4. The van der Waals surface area contributed by atoms with Crippen LogP contribution in [0.5, 0.6) is 0 Å². The highest BCUT2D eigenvalue weighted by molar-refractivity contribution is 5.77. The fourth-order valence-electron chi connectivity index (χ4n) is 9.76. The van der Waals surface area contributed by atoms with Gasteiger partial charge < -0.3 is 35.3 Å². The van der Waals surface area contributed by atoms with Crippen LogP contribution in [0.1, 0.15) is 141 Å². The number of ether oxygens (including phenoxy) is 3. The Kier molecular flexibility index (Phi) is 10.3. The van der Waals surface area contributed by atoms with E-state index in [4.69, 9.17) is 14.2 Å². The number of hydrogen-bond acceptors (Lipinski definition) is 9. The van der Waals surface area contributed by atoms with E-state index < -0.39 is 18.1 Å². The van der Waals surface area contributed by atoms with E-state index in [1.165, 1.54) is 0 Å². The lowest BCUT2D eigenvalue weighted by Crippen LogP contribution is -2.60. The van der Waals surface area contributed by atoms with Crippen molar-refractivity contribution in [1.29, 1.82) is 0 Å². The molecule has 0 amide bonds. The van der Waals surface area contributed by atoms with Gasteiger partial charge >= 0.3 is 11.9 Å². The highest BCUT2D eigenvalue weighted by Crippen LogP contribution is 2.41. The van der Waals surface area contributed by atoms with Crippen molar-refractivity contribution in [3.05, 3.63) is 0 Å². The van der Waals surface area contributed by atoms with Crippen molar-refractivity contribution in [2.75, 3.05) is 0 Å². The van der Waals surface area contributed by atoms with Crippen molar-refractivity contribution in [2.24, 2.45) is 17.8 Å². The molecule has 0 aromatic carbocycles. The molecule has 1 saturated carbocycles. The fraction of sp³-hybridized carbons (Fsp3) is 0.944. The first-order valence-corrected chi connectivity index (χ1v) is 17.4. The first kappa shape index (κ1) is 36.6. The molecule has 3 saturated heterocycles. The quantitative estimate of drug-likeness (QED) is 0.216. The molecule has 9 nitrogen and oxygen atoms in total. The molecule has 0 bridgehead atoms. The van der Waals surface area contributed by atoms with Crippen molar-refractivity contribution in [3.63, 3.8) is 0 Å². The summed E-state index contributed by atoms with van der Waals surface area (Å²) in [4.78, 5) is 27.6. The minimum Gasteiger partial charge on any atom is -0.462 e. The van der Waals surface area contributed by atoms with Crippen LogP contribution in [0, 0.1) is 17.8 Å². The van der Waals surface area contributed by atoms with Crippen LogP contribution in [0.2, 0.25) is 0 Å². The Morgan fingerprint density at radius 2 is 0.822 bits per heavy atom. The minimum absolute atomic E-state index is 0.135. The van der Waals surface area contributed by atoms with Crippen LogP contribution in [-0.4, -0.2) is 74.9 Å². The number of esters is 2. The van der Waals surface area contributed by atoms with Crippen LogP contribution >= 0.6 is 0 Å². The molecule has 45 heavy (non-hydrogen) atoms. The van der Waals surface area contributed by atoms with Gasteiger partial charge in [0.05, 0.1) is 17.9 Å². The van der Waals surface area contributed by atoms with Crippen molar-refractivity contribution in [3.8, 4) is 0 Å². The first-order chi connectivity index (χ1) is 20.3. The third kappa shape index (κ3) is 10.4. The largest absolute Gasteiger partial charge is 0.462 e. The number of carbonyl (C=O) groups is 2. The molecule has 4 rings (SSSR count). The fourth-order valence-corrected chi connectivity index (χ4v) is 9.76. The highest BCUT2D eigenvalue weighted by Gasteiger charge is 2.47. The van der Waals surface area contributed by atoms with Gasteiger partial charge in [-0.1, -0.05) is 0 Å². The number of carbonyl (C=O) groups excluding carboxylic acids is 2. The van der Waals surface area contributed by atoms with Gasteiger partial charge in [-0.25, -0.2) is 0 Å². The monoisotopic (exact) mass is 635 g/mol. The van der Waals surface area contributed by atoms with E-state index in [0.29, 0.717) is 19.3 Å². The van der Waals surface area contributed by atoms with Crippen LogP contribution in [0.25, 0.3) is 0 Å². The lowest BCUT2D eigenvalue weighted by Gasteiger charge is -2.47. The number of nitrogens with one attached hydrogen (secondary N) is 3. The summed E-state index contributed by atoms with van der Waals surface area (Å²) in [5, 5.41) is 22.5. The van der Waals surface area contributed by atoms with Crippen LogP contribution in [-0.2, 0) is 23.8 Å². The maximum absolute atomic E-state index is 13.8. The van der Waals surface area contributed by atoms with Crippen LogP contribution in [0.3, 0.4) is 0 Å². The zero-order valence-corrected chi connectivity index (χ0v) is 30.4. The molecule has 0 radical (unpaired) electrons. The zero-order chi connectivity index (χ0) is 33.8. The summed E-state index contributed by atoms with van der Waals surface area (Å²) in [6, 6.07) is 0. The van der Waals surface area contributed by atoms with E-state index >= 15 is 0 Å². The second-order valence-corrected chi connectivity index (χ2v) is 19.0. The maximum atomic E-state index is 13.8. The van der Waals surface area contributed by atoms with E-state index in [0.717, 1.165) is 38.5 Å². The van der Waals surface area contributed by atoms with E-state index in [9.17, 15) is 14.7 Å². The molecule has 4 aliphatic rings. The number of aliphatic hydroxyl groups is 1. The van der Waals surface area contributed by atoms with Gasteiger partial charge in [0, 0.05) is 64.8 Å². The Morgan fingerprint density at radius 3 is 1.13 bits per heavy atom. The normalized spacial score (nSPS) is 33.6. The molecule has 4 N–H and O–H groups in total. The maximum Gasteiger partial charge on any atom is 0.309 e. The third-order valence-corrected chi connectivity index (χ3v) is 10.2. The van der Waals surface area contributed by atoms with Gasteiger partial charge in [-0.05, 0) is 115 Å². The van der Waals surface area contributed by atoms with E-state index in [2.05, 4.69) is 99.0 Å². The van der Waals surface area contributed by atoms with Gasteiger partial charge in [0.15, 0.2) is 6.29 Å². The summed E-state index contributed by atoms with van der Waals surface area (Å²) in [6.07, 6.45) is 3.97. The summed E-state index contributed by atoms with van der Waals surface area (Å²) < 4.78 is 18.8. The second-order valence-electron chi connectivity index (χ2n) is 19.0. The topological polar surface area (TPSA) is 118 Å². The van der Waals surface area contributed by atoms with Gasteiger partial charge in [0.1, 0.15) is 12.2 Å². The molecular weight excluding hydrogens is 570 g/mol. The van der Waals surface area contributed by atoms with Crippen molar-refractivity contribution >= 4 is 11.9 Å². The van der Waals surface area contributed by atoms with Gasteiger partial charge in [-0.3, -0.25) is 9.59 Å². The summed E-state index contributed by atoms with van der Waals surface area (Å²) in [5.74, 6) is -1.96. The molecule has 2 unspecified atom stereocenters. The van der Waals surface area contributed by atoms with Gasteiger partial charge in [0.2, 0.25) is 0 Å². The smallest absolute Gasteiger partial charge is 0.309 e. The molecule has 0 aromatic rings. The summed E-state index contributed by atoms with van der Waals surface area (Å²) >= 11 is 0. The van der Waals surface area contributed by atoms with Gasteiger partial charge in [-0.2, -0.15) is 0 Å². The Balaban J connectivity index is 1.50. The molecule has 0 spiro atoms. The standard InChI is InChI=1S/C36H65N3O6/c1-31(2)16-25(17-32(3,4)37-31)43-28(40)22-13-23(29(41)44-26-18-33(5,6)38-34(7,8)19-26)15-24(14-22)30(42)45-27-20-35(9,10)39-36(11,12)21-27/h22-28,37-40H,13-21H2,1-12H3/t22?,23?,24?,28-/m0/s1. The Hall–Kier alpha value is -1.26. The Labute approximate surface area is 273 Å². The SMILES string of the molecule is CC1(C)CC(OC(=O)C2CC(C(=O)OC3CC(C)(C)NC(C)(C)C3)CC([C@@H](O)OC3CC(C)(C)NC(C)(C)C3)C2)CC(C)(C)N1. The predicted octanol–water partition coefficient (Wildman–Crippen LogP) is 5.37. The van der Waals surface area contributed by atoms with Crippen LogP contribution < -0.4 is 16.0 Å². The minimum atomic E-state index is -1.08. The van der Waals surface area contributed by atoms with E-state index in [1.807, 2.05) is 0 Å². The molecule has 9 heteroatoms. The van der Waals surface area contributed by atoms with Crippen molar-refractivity contribution < 1.29 is 28.9 Å². The van der Waals surface area contributed by atoms with Gasteiger partial charge in [-0.15, -0.1) is 0 Å². The van der Waals surface area contributed by atoms with E-state index in [1.54, 1.807) is 0 Å². The molecule has 3 heterocycles. The molecular formula is C36H65N3O6. The lowest BCUT2D eigenvalue weighted by molar-refractivity contribution is -0.198. The molecule has 4 fully saturated rings. The third-order valence-electron chi connectivity index (χ3n) is 10.2. The number of hydrogen-bond donors (Lipinski definition) is 4. The van der Waals surface area contributed by atoms with Crippen molar-refractivity contribution in [2.45, 2.75) is 199 Å². The molecule has 1 aliphatic carbocycles. The summed E-state index contributed by atoms with van der Waals surface area (Å²) in [5.41, 5.74) is -0.916. The van der Waals surface area contributed by atoms with Gasteiger partial charge in [0.25, 0.3) is 0 Å². The number of aliphatic hydroxyl groups excluding tert-OH is 1. The average Bonchev–Trinajstić information content (AvgIpc) is 2.77. The molecule has 3 aliphatic heterocycles. The lowest BCUT2D eigenvalue weighted by atomic mass is 9.74. The number of rotatable bonds is 7. The average molecular weight is 636 g/mol. The Morgan fingerprint density at radius 1 is 0.533 bits per heavy atom. The van der Waals surface area contributed by atoms with Crippen molar-refractivity contribution in [1.82, 2.24) is 16.0 Å². The highest BCUT2D eigenvalue weighted by atomic mass is 16.6. The van der Waals surface area contributed by atoms with Crippen LogP contribution in [0.4, 0.5) is 0 Å². The Bertz CT molecular complexity index is 975. The molecule has 0 aromatic heterocycles. The number of piperidine rings is 3. The molecule has 260 valence electrons. The second kappa shape index (κ2) is 12.6. The van der Waals surface area contributed by atoms with E-state index in [-0.39, 0.29) is 69.4 Å². The summed E-state index contributed by atoms with van der Waals surface area (Å²) in [6.45, 7) is 25.7. The predicted molar refractivity (Wildman–Crippen MR) is 177 cm³/mol.